The minimum absolute atomic E-state index is 0.155. The summed E-state index contributed by atoms with van der Waals surface area (Å²) in [7, 11) is -3.87. The van der Waals surface area contributed by atoms with E-state index in [0.29, 0.717) is 12.2 Å². The number of benzene rings is 3. The van der Waals surface area contributed by atoms with Crippen LogP contribution in [-0.4, -0.2) is 27.4 Å². The van der Waals surface area contributed by atoms with Crippen LogP contribution < -0.4 is 9.62 Å². The number of sulfonamides is 1. The zero-order chi connectivity index (χ0) is 22.3. The molecule has 0 aliphatic heterocycles. The van der Waals surface area contributed by atoms with Crippen LogP contribution in [-0.2, 0) is 21.2 Å². The van der Waals surface area contributed by atoms with Gasteiger partial charge in [0.2, 0.25) is 5.91 Å². The lowest BCUT2D eigenvalue weighted by Gasteiger charge is -2.24. The topological polar surface area (TPSA) is 66.5 Å². The van der Waals surface area contributed by atoms with Crippen LogP contribution in [0.1, 0.15) is 23.1 Å². The molecule has 0 heterocycles. The van der Waals surface area contributed by atoms with Gasteiger partial charge in [0, 0.05) is 6.54 Å². The van der Waals surface area contributed by atoms with Gasteiger partial charge in [0.25, 0.3) is 10.0 Å². The zero-order valence-electron chi connectivity index (χ0n) is 17.9. The maximum atomic E-state index is 13.2. The van der Waals surface area contributed by atoms with Gasteiger partial charge in [0.05, 0.1) is 10.6 Å². The van der Waals surface area contributed by atoms with Crippen LogP contribution in [0.3, 0.4) is 0 Å². The zero-order valence-corrected chi connectivity index (χ0v) is 18.7. The first-order valence-electron chi connectivity index (χ1n) is 10.3. The van der Waals surface area contributed by atoms with Gasteiger partial charge in [0.1, 0.15) is 6.54 Å². The van der Waals surface area contributed by atoms with Gasteiger partial charge in [0.15, 0.2) is 0 Å². The van der Waals surface area contributed by atoms with E-state index in [0.717, 1.165) is 22.7 Å². The first-order valence-corrected chi connectivity index (χ1v) is 11.8. The second-order valence-electron chi connectivity index (χ2n) is 7.60. The van der Waals surface area contributed by atoms with E-state index in [1.54, 1.807) is 30.3 Å². The number of rotatable bonds is 9. The maximum Gasteiger partial charge on any atom is 0.264 e. The fourth-order valence-corrected chi connectivity index (χ4v) is 4.65. The minimum Gasteiger partial charge on any atom is -0.355 e. The van der Waals surface area contributed by atoms with Crippen molar-refractivity contribution in [2.45, 2.75) is 31.6 Å². The Morgan fingerprint density at radius 3 is 2.03 bits per heavy atom. The van der Waals surface area contributed by atoms with Gasteiger partial charge in [-0.2, -0.15) is 0 Å². The average Bonchev–Trinajstić information content (AvgIpc) is 2.77. The SMILES string of the molecule is Cc1ccc(CCCNC(=O)CN(c2ccc(C)cc2)S(=O)(=O)c2ccccc2)cc1. The lowest BCUT2D eigenvalue weighted by Crippen LogP contribution is -2.41. The van der Waals surface area contributed by atoms with E-state index >= 15 is 0 Å². The van der Waals surface area contributed by atoms with Crippen molar-refractivity contribution in [1.29, 1.82) is 0 Å². The van der Waals surface area contributed by atoms with Crippen molar-refractivity contribution in [3.8, 4) is 0 Å². The fraction of sp³-hybridized carbons (Fsp3) is 0.240. The van der Waals surface area contributed by atoms with Gasteiger partial charge in [-0.1, -0.05) is 65.7 Å². The summed E-state index contributed by atoms with van der Waals surface area (Å²) in [6.07, 6.45) is 1.63. The Bertz CT molecular complexity index is 1090. The lowest BCUT2D eigenvalue weighted by molar-refractivity contribution is -0.119. The number of carbonyl (C=O) groups is 1. The normalized spacial score (nSPS) is 11.2. The van der Waals surface area contributed by atoms with Crippen LogP contribution in [0.5, 0.6) is 0 Å². The van der Waals surface area contributed by atoms with Crippen molar-refractivity contribution in [1.82, 2.24) is 5.32 Å². The molecule has 0 spiro atoms. The molecule has 162 valence electrons. The third-order valence-electron chi connectivity index (χ3n) is 5.03. The van der Waals surface area contributed by atoms with E-state index in [2.05, 4.69) is 29.6 Å². The third kappa shape index (κ3) is 6.18. The van der Waals surface area contributed by atoms with Crippen LogP contribution >= 0.6 is 0 Å². The van der Waals surface area contributed by atoms with Crippen molar-refractivity contribution < 1.29 is 13.2 Å². The monoisotopic (exact) mass is 436 g/mol. The molecule has 3 aromatic carbocycles. The smallest absolute Gasteiger partial charge is 0.264 e. The molecule has 0 aliphatic rings. The third-order valence-corrected chi connectivity index (χ3v) is 6.81. The van der Waals surface area contributed by atoms with E-state index in [1.165, 1.54) is 23.3 Å². The largest absolute Gasteiger partial charge is 0.355 e. The van der Waals surface area contributed by atoms with Crippen molar-refractivity contribution in [2.75, 3.05) is 17.4 Å². The van der Waals surface area contributed by atoms with E-state index in [-0.39, 0.29) is 17.3 Å². The Hall–Kier alpha value is -3.12. The van der Waals surface area contributed by atoms with Crippen molar-refractivity contribution in [2.24, 2.45) is 0 Å². The van der Waals surface area contributed by atoms with E-state index in [4.69, 9.17) is 0 Å². The van der Waals surface area contributed by atoms with Gasteiger partial charge in [-0.3, -0.25) is 9.10 Å². The Labute approximate surface area is 184 Å². The number of hydrogen-bond acceptors (Lipinski definition) is 3. The van der Waals surface area contributed by atoms with Crippen molar-refractivity contribution in [3.05, 3.63) is 95.6 Å². The standard InChI is InChI=1S/C25H28N2O3S/c1-20-10-14-22(15-11-20)7-6-18-26-25(28)19-27(23-16-12-21(2)13-17-23)31(29,30)24-8-4-3-5-9-24/h3-5,8-17H,6-7,18-19H2,1-2H3,(H,26,28). The molecular formula is C25H28N2O3S. The molecule has 3 aromatic rings. The summed E-state index contributed by atoms with van der Waals surface area (Å²) in [5.41, 5.74) is 3.91. The van der Waals surface area contributed by atoms with Crippen molar-refractivity contribution in [3.63, 3.8) is 0 Å². The predicted octanol–water partition coefficient (Wildman–Crippen LogP) is 4.25. The molecule has 31 heavy (non-hydrogen) atoms. The van der Waals surface area contributed by atoms with Crippen LogP contribution in [0.4, 0.5) is 5.69 Å². The van der Waals surface area contributed by atoms with Gasteiger partial charge in [-0.15, -0.1) is 0 Å². The van der Waals surface area contributed by atoms with Gasteiger partial charge in [-0.25, -0.2) is 8.42 Å². The van der Waals surface area contributed by atoms with E-state index in [1.807, 2.05) is 26.0 Å². The number of aryl methyl sites for hydroxylation is 3. The van der Waals surface area contributed by atoms with Crippen LogP contribution in [0, 0.1) is 13.8 Å². The van der Waals surface area contributed by atoms with Gasteiger partial charge < -0.3 is 5.32 Å². The van der Waals surface area contributed by atoms with Gasteiger partial charge in [-0.05, 0) is 56.5 Å². The molecule has 1 N–H and O–H groups in total. The van der Waals surface area contributed by atoms with E-state index in [9.17, 15) is 13.2 Å². The highest BCUT2D eigenvalue weighted by atomic mass is 32.2. The first-order chi connectivity index (χ1) is 14.9. The summed E-state index contributed by atoms with van der Waals surface area (Å²) in [6.45, 7) is 4.19. The maximum absolute atomic E-state index is 13.2. The quantitative estimate of drug-likeness (QED) is 0.510. The molecule has 0 radical (unpaired) electrons. The number of nitrogens with one attached hydrogen (secondary N) is 1. The number of nitrogens with zero attached hydrogens (tertiary/aromatic N) is 1. The summed E-state index contributed by atoms with van der Waals surface area (Å²) in [5, 5.41) is 2.85. The van der Waals surface area contributed by atoms with E-state index < -0.39 is 10.0 Å². The molecule has 0 aliphatic carbocycles. The lowest BCUT2D eigenvalue weighted by atomic mass is 10.1. The number of carbonyl (C=O) groups excluding carboxylic acids is 1. The Morgan fingerprint density at radius 2 is 1.42 bits per heavy atom. The second kappa shape index (κ2) is 10.3. The molecule has 5 nitrogen and oxygen atoms in total. The molecule has 3 rings (SSSR count). The Balaban J connectivity index is 1.67. The average molecular weight is 437 g/mol. The first kappa shape index (κ1) is 22.6. The Morgan fingerprint density at radius 1 is 0.839 bits per heavy atom. The van der Waals surface area contributed by atoms with Crippen LogP contribution in [0.2, 0.25) is 0 Å². The summed E-state index contributed by atoms with van der Waals surface area (Å²) in [6, 6.07) is 23.6. The highest BCUT2D eigenvalue weighted by Gasteiger charge is 2.26. The predicted molar refractivity (Wildman–Crippen MR) is 125 cm³/mol. The minimum atomic E-state index is -3.87. The number of hydrogen-bond donors (Lipinski definition) is 1. The highest BCUT2D eigenvalue weighted by molar-refractivity contribution is 7.92. The van der Waals surface area contributed by atoms with Crippen LogP contribution in [0.25, 0.3) is 0 Å². The number of amides is 1. The van der Waals surface area contributed by atoms with Gasteiger partial charge >= 0.3 is 0 Å². The fourth-order valence-electron chi connectivity index (χ4n) is 3.21. The van der Waals surface area contributed by atoms with Crippen LogP contribution in [0.15, 0.2) is 83.8 Å². The molecule has 1 amide bonds. The Kier molecular flexibility index (Phi) is 7.47. The summed E-state index contributed by atoms with van der Waals surface area (Å²) in [5.74, 6) is -0.330. The number of anilines is 1. The summed E-state index contributed by atoms with van der Waals surface area (Å²) >= 11 is 0. The molecule has 6 heteroatoms. The molecule has 0 bridgehead atoms. The summed E-state index contributed by atoms with van der Waals surface area (Å²) < 4.78 is 27.6. The highest BCUT2D eigenvalue weighted by Crippen LogP contribution is 2.23. The molecule has 0 saturated heterocycles. The second-order valence-corrected chi connectivity index (χ2v) is 9.46. The summed E-state index contributed by atoms with van der Waals surface area (Å²) in [4.78, 5) is 12.8. The molecule has 0 atom stereocenters. The molecular weight excluding hydrogens is 408 g/mol. The molecule has 0 aromatic heterocycles. The molecule has 0 unspecified atom stereocenters. The molecule has 0 fully saturated rings. The molecule has 0 saturated carbocycles. The van der Waals surface area contributed by atoms with Crippen molar-refractivity contribution >= 4 is 21.6 Å².